The molecule has 0 bridgehead atoms. The van der Waals surface area contributed by atoms with Crippen LogP contribution < -0.4 is 5.46 Å². The molecule has 1 aliphatic carbocycles. The zero-order chi connectivity index (χ0) is 14.5. The van der Waals surface area contributed by atoms with Gasteiger partial charge in [0, 0.05) is 17.5 Å². The first-order valence-corrected chi connectivity index (χ1v) is 6.38. The Hall–Kier alpha value is -1.85. The third-order valence-electron chi connectivity index (χ3n) is 4.10. The number of fused-ring (bicyclic) bond motifs is 2. The summed E-state index contributed by atoms with van der Waals surface area (Å²) >= 11 is 0. The van der Waals surface area contributed by atoms with Crippen LogP contribution in [0.5, 0.6) is 0 Å². The van der Waals surface area contributed by atoms with Gasteiger partial charge in [-0.3, -0.25) is 9.59 Å². The second-order valence-corrected chi connectivity index (χ2v) is 5.37. The van der Waals surface area contributed by atoms with Crippen LogP contribution in [0.25, 0.3) is 0 Å². The van der Waals surface area contributed by atoms with E-state index in [1.807, 2.05) is 0 Å². The molecule has 1 aromatic carbocycles. The number of methoxy groups -OCH3 is 1. The van der Waals surface area contributed by atoms with Crippen molar-refractivity contribution < 1.29 is 18.7 Å². The summed E-state index contributed by atoms with van der Waals surface area (Å²) in [4.78, 5) is 25.1. The van der Waals surface area contributed by atoms with Crippen molar-refractivity contribution in [1.82, 2.24) is 4.90 Å². The monoisotopic (exact) mass is 273 g/mol. The van der Waals surface area contributed by atoms with Gasteiger partial charge in [-0.15, -0.1) is 0 Å². The lowest BCUT2D eigenvalue weighted by Gasteiger charge is -2.34. The van der Waals surface area contributed by atoms with Crippen LogP contribution in [0, 0.1) is 0 Å². The maximum absolute atomic E-state index is 13.9. The van der Waals surface area contributed by atoms with Crippen molar-refractivity contribution in [2.45, 2.75) is 18.0 Å². The molecule has 20 heavy (non-hydrogen) atoms. The molecule has 3 rings (SSSR count). The number of rotatable bonds is 2. The van der Waals surface area contributed by atoms with E-state index >= 15 is 0 Å². The quantitative estimate of drug-likeness (QED) is 0.566. The SMILES string of the molecule is [B]c1ccc2c(c1)[C@]1(CC1F)CN(CC(=O)OC)C2=O. The van der Waals surface area contributed by atoms with E-state index in [0.717, 1.165) is 0 Å². The number of halogens is 1. The molecule has 4 nitrogen and oxygen atoms in total. The van der Waals surface area contributed by atoms with Gasteiger partial charge in [0.15, 0.2) is 0 Å². The van der Waals surface area contributed by atoms with Gasteiger partial charge in [-0.05, 0) is 18.1 Å². The Kier molecular flexibility index (Phi) is 2.85. The highest BCUT2D eigenvalue weighted by atomic mass is 19.1. The first kappa shape index (κ1) is 13.2. The van der Waals surface area contributed by atoms with E-state index < -0.39 is 17.6 Å². The summed E-state index contributed by atoms with van der Waals surface area (Å²) in [6.07, 6.45) is -0.648. The number of ether oxygens (including phenoxy) is 1. The smallest absolute Gasteiger partial charge is 0.325 e. The lowest BCUT2D eigenvalue weighted by Crippen LogP contribution is -2.47. The van der Waals surface area contributed by atoms with E-state index in [0.29, 0.717) is 23.0 Å². The van der Waals surface area contributed by atoms with Crippen LogP contribution >= 0.6 is 0 Å². The Balaban J connectivity index is 2.01. The Morgan fingerprint density at radius 3 is 2.90 bits per heavy atom. The Labute approximate surface area is 117 Å². The number of hydrogen-bond donors (Lipinski definition) is 0. The van der Waals surface area contributed by atoms with Crippen molar-refractivity contribution in [2.75, 3.05) is 20.2 Å². The average molecular weight is 273 g/mol. The third-order valence-corrected chi connectivity index (χ3v) is 4.10. The Morgan fingerprint density at radius 1 is 1.60 bits per heavy atom. The first-order valence-electron chi connectivity index (χ1n) is 6.38. The molecule has 1 fully saturated rings. The van der Waals surface area contributed by atoms with Gasteiger partial charge in [0.25, 0.3) is 5.91 Å². The zero-order valence-corrected chi connectivity index (χ0v) is 11.1. The second kappa shape index (κ2) is 4.33. The van der Waals surface area contributed by atoms with Crippen LogP contribution in [0.15, 0.2) is 18.2 Å². The molecule has 1 saturated carbocycles. The first-order chi connectivity index (χ1) is 9.48. The van der Waals surface area contributed by atoms with E-state index in [9.17, 15) is 14.0 Å². The molecule has 2 aliphatic rings. The second-order valence-electron chi connectivity index (χ2n) is 5.37. The molecular weight excluding hydrogens is 260 g/mol. The minimum absolute atomic E-state index is 0.159. The molecule has 1 amide bonds. The van der Waals surface area contributed by atoms with E-state index in [1.165, 1.54) is 12.0 Å². The molecule has 0 saturated heterocycles. The number of carbonyl (C=O) groups is 2. The lowest BCUT2D eigenvalue weighted by atomic mass is 9.82. The predicted molar refractivity (Wildman–Crippen MR) is 70.9 cm³/mol. The summed E-state index contributed by atoms with van der Waals surface area (Å²) in [6.45, 7) is 0.0339. The van der Waals surface area contributed by atoms with Gasteiger partial charge >= 0.3 is 5.97 Å². The number of esters is 1. The standard InChI is InChI=1S/C14H13BFNO3/c1-20-12(18)6-17-7-14(5-11(14)16)10-4-8(15)2-3-9(10)13(17)19/h2-4,11H,5-7H2,1H3/t11?,14-/m0/s1. The summed E-state index contributed by atoms with van der Waals surface area (Å²) in [5, 5.41) is 0. The maximum Gasteiger partial charge on any atom is 0.325 e. The maximum atomic E-state index is 13.9. The summed E-state index contributed by atoms with van der Waals surface area (Å²) in [6, 6.07) is 4.88. The van der Waals surface area contributed by atoms with Crippen molar-refractivity contribution in [3.05, 3.63) is 29.3 Å². The van der Waals surface area contributed by atoms with Crippen molar-refractivity contribution in [2.24, 2.45) is 0 Å². The number of alkyl halides is 1. The van der Waals surface area contributed by atoms with E-state index in [-0.39, 0.29) is 19.0 Å². The van der Waals surface area contributed by atoms with Crippen molar-refractivity contribution >= 4 is 25.2 Å². The topological polar surface area (TPSA) is 46.6 Å². The molecule has 0 aromatic heterocycles. The highest BCUT2D eigenvalue weighted by Crippen LogP contribution is 2.54. The summed E-state index contributed by atoms with van der Waals surface area (Å²) in [5.41, 5.74) is 0.897. The van der Waals surface area contributed by atoms with Gasteiger partial charge in [0.1, 0.15) is 20.6 Å². The third kappa shape index (κ3) is 1.82. The number of carbonyl (C=O) groups excluding carboxylic acids is 2. The van der Waals surface area contributed by atoms with Crippen LogP contribution in [0.2, 0.25) is 0 Å². The van der Waals surface area contributed by atoms with Gasteiger partial charge in [0.05, 0.1) is 7.11 Å². The molecular formula is C14H13BFNO3. The number of benzene rings is 1. The minimum Gasteiger partial charge on any atom is -0.468 e. The molecule has 102 valence electrons. The molecule has 2 atom stereocenters. The highest BCUT2D eigenvalue weighted by molar-refractivity contribution is 6.32. The fourth-order valence-electron chi connectivity index (χ4n) is 2.88. The summed E-state index contributed by atoms with van der Waals surface area (Å²) in [5.74, 6) is -0.793. The highest BCUT2D eigenvalue weighted by Gasteiger charge is 2.61. The van der Waals surface area contributed by atoms with E-state index in [4.69, 9.17) is 7.85 Å². The van der Waals surface area contributed by atoms with E-state index in [1.54, 1.807) is 18.2 Å². The van der Waals surface area contributed by atoms with Gasteiger partial charge < -0.3 is 9.64 Å². The van der Waals surface area contributed by atoms with Gasteiger partial charge in [-0.1, -0.05) is 17.6 Å². The predicted octanol–water partition coefficient (Wildman–Crippen LogP) is 0.0888. The minimum atomic E-state index is -1.00. The molecule has 1 aliphatic heterocycles. The molecule has 1 heterocycles. The fourth-order valence-corrected chi connectivity index (χ4v) is 2.88. The van der Waals surface area contributed by atoms with Crippen molar-refractivity contribution in [1.29, 1.82) is 0 Å². The van der Waals surface area contributed by atoms with Gasteiger partial charge in [0.2, 0.25) is 0 Å². The zero-order valence-electron chi connectivity index (χ0n) is 11.1. The lowest BCUT2D eigenvalue weighted by molar-refractivity contribution is -0.141. The molecule has 1 unspecified atom stereocenters. The molecule has 2 radical (unpaired) electrons. The number of amides is 1. The van der Waals surface area contributed by atoms with Crippen LogP contribution in [-0.2, 0) is 14.9 Å². The van der Waals surface area contributed by atoms with E-state index in [2.05, 4.69) is 4.74 Å². The van der Waals surface area contributed by atoms with Crippen LogP contribution in [0.4, 0.5) is 4.39 Å². The number of nitrogens with zero attached hydrogens (tertiary/aromatic N) is 1. The van der Waals surface area contributed by atoms with Crippen LogP contribution in [-0.4, -0.2) is 51.0 Å². The molecule has 0 N–H and O–H groups in total. The Bertz CT molecular complexity index is 606. The molecule has 1 aromatic rings. The van der Waals surface area contributed by atoms with Gasteiger partial charge in [-0.25, -0.2) is 4.39 Å². The van der Waals surface area contributed by atoms with Crippen LogP contribution in [0.3, 0.4) is 0 Å². The fraction of sp³-hybridized carbons (Fsp3) is 0.429. The summed E-state index contributed by atoms with van der Waals surface area (Å²) < 4.78 is 18.5. The normalized spacial score (nSPS) is 27.4. The van der Waals surface area contributed by atoms with Crippen LogP contribution in [0.1, 0.15) is 22.3 Å². The van der Waals surface area contributed by atoms with Gasteiger partial charge in [-0.2, -0.15) is 0 Å². The largest absolute Gasteiger partial charge is 0.468 e. The van der Waals surface area contributed by atoms with Crippen molar-refractivity contribution in [3.63, 3.8) is 0 Å². The molecule has 6 heteroatoms. The number of hydrogen-bond acceptors (Lipinski definition) is 3. The Morgan fingerprint density at radius 2 is 2.30 bits per heavy atom. The molecule has 1 spiro atoms. The van der Waals surface area contributed by atoms with Crippen molar-refractivity contribution in [3.8, 4) is 0 Å². The average Bonchev–Trinajstić information content (AvgIpc) is 3.06. The summed E-state index contributed by atoms with van der Waals surface area (Å²) in [7, 11) is 7.00.